The van der Waals surface area contributed by atoms with Crippen LogP contribution in [0.15, 0.2) is 30.6 Å². The zero-order valence-corrected chi connectivity index (χ0v) is 12.9. The molecule has 1 aromatic heterocycles. The van der Waals surface area contributed by atoms with E-state index in [0.717, 1.165) is 54.6 Å². The summed E-state index contributed by atoms with van der Waals surface area (Å²) in [5.41, 5.74) is 1.01. The Bertz CT molecular complexity index is 565. The van der Waals surface area contributed by atoms with Crippen LogP contribution >= 0.6 is 15.9 Å². The lowest BCUT2D eigenvalue weighted by Gasteiger charge is -2.33. The largest absolute Gasteiger partial charge is 0.377 e. The Kier molecular flexibility index (Phi) is 4.47. The first kappa shape index (κ1) is 13.8. The van der Waals surface area contributed by atoms with E-state index in [1.54, 1.807) is 6.33 Å². The molecule has 3 rings (SSSR count). The molecule has 2 aromatic rings. The molecular weight excluding hydrogens is 318 g/mol. The molecule has 1 aliphatic rings. The van der Waals surface area contributed by atoms with Crippen molar-refractivity contribution in [3.05, 3.63) is 30.6 Å². The monoisotopic (exact) mass is 335 g/mol. The van der Waals surface area contributed by atoms with Crippen molar-refractivity contribution in [2.75, 3.05) is 29.9 Å². The molecule has 5 heteroatoms. The first-order chi connectivity index (χ1) is 9.88. The van der Waals surface area contributed by atoms with Gasteiger partial charge in [-0.25, -0.2) is 9.97 Å². The smallest absolute Gasteiger partial charge is 0.139 e. The van der Waals surface area contributed by atoms with Gasteiger partial charge >= 0.3 is 0 Å². The Balaban J connectivity index is 1.74. The zero-order valence-electron chi connectivity index (χ0n) is 11.3. The van der Waals surface area contributed by atoms with Gasteiger partial charge in [0.15, 0.2) is 0 Å². The predicted molar refractivity (Wildman–Crippen MR) is 84.5 cm³/mol. The molecule has 1 aromatic carbocycles. The van der Waals surface area contributed by atoms with Crippen LogP contribution in [0.5, 0.6) is 0 Å². The number of hydrogen-bond acceptors (Lipinski definition) is 4. The van der Waals surface area contributed by atoms with E-state index in [-0.39, 0.29) is 0 Å². The summed E-state index contributed by atoms with van der Waals surface area (Å²) in [7, 11) is 0. The average molecular weight is 336 g/mol. The number of nitrogens with zero attached hydrogens (tertiary/aromatic N) is 3. The topological polar surface area (TPSA) is 38.2 Å². The number of ether oxygens (including phenoxy) is 1. The fraction of sp³-hybridized carbons (Fsp3) is 0.467. The van der Waals surface area contributed by atoms with Gasteiger partial charge in [0.25, 0.3) is 0 Å². The van der Waals surface area contributed by atoms with Crippen LogP contribution in [0.1, 0.15) is 12.8 Å². The molecule has 106 valence electrons. The fourth-order valence-corrected chi connectivity index (χ4v) is 2.87. The molecule has 0 amide bonds. The molecule has 20 heavy (non-hydrogen) atoms. The Hall–Kier alpha value is -1.20. The highest BCUT2D eigenvalue weighted by Crippen LogP contribution is 2.26. The lowest BCUT2D eigenvalue weighted by atomic mass is 10.1. The number of hydrogen-bond donors (Lipinski definition) is 0. The first-order valence-electron chi connectivity index (χ1n) is 7.01. The molecule has 0 atom stereocenters. The van der Waals surface area contributed by atoms with E-state index in [4.69, 9.17) is 4.74 Å². The molecule has 0 bridgehead atoms. The van der Waals surface area contributed by atoms with Crippen LogP contribution in [0.2, 0.25) is 0 Å². The van der Waals surface area contributed by atoms with Crippen LogP contribution in [-0.2, 0) is 4.74 Å². The second-order valence-electron chi connectivity index (χ2n) is 4.96. The van der Waals surface area contributed by atoms with Crippen LogP contribution in [0.25, 0.3) is 10.9 Å². The molecule has 0 unspecified atom stereocenters. The van der Waals surface area contributed by atoms with Gasteiger partial charge in [-0.1, -0.05) is 28.1 Å². The van der Waals surface area contributed by atoms with Crippen LogP contribution < -0.4 is 4.90 Å². The van der Waals surface area contributed by atoms with Gasteiger partial charge < -0.3 is 9.64 Å². The van der Waals surface area contributed by atoms with Crippen molar-refractivity contribution in [3.63, 3.8) is 0 Å². The molecule has 0 saturated carbocycles. The van der Waals surface area contributed by atoms with E-state index in [0.29, 0.717) is 6.10 Å². The van der Waals surface area contributed by atoms with Gasteiger partial charge in [-0.3, -0.25) is 0 Å². The molecular formula is C15H18BrN3O. The van der Waals surface area contributed by atoms with Gasteiger partial charge in [0, 0.05) is 23.8 Å². The standard InChI is InChI=1S/C15H18BrN3O/c16-7-10-20-12-5-8-19(9-6-12)15-13-3-1-2-4-14(13)17-11-18-15/h1-4,11-12H,5-10H2. The molecule has 0 radical (unpaired) electrons. The number of rotatable bonds is 4. The Morgan fingerprint density at radius 1 is 1.20 bits per heavy atom. The molecule has 0 spiro atoms. The van der Waals surface area contributed by atoms with Crippen LogP contribution in [0.3, 0.4) is 0 Å². The molecule has 1 saturated heterocycles. The van der Waals surface area contributed by atoms with Gasteiger partial charge in [-0.05, 0) is 25.0 Å². The summed E-state index contributed by atoms with van der Waals surface area (Å²) in [6, 6.07) is 8.19. The third kappa shape index (κ3) is 2.94. The highest BCUT2D eigenvalue weighted by Gasteiger charge is 2.21. The Labute approximate surface area is 127 Å². The molecule has 4 nitrogen and oxygen atoms in total. The number of anilines is 1. The third-order valence-electron chi connectivity index (χ3n) is 3.69. The Morgan fingerprint density at radius 3 is 2.80 bits per heavy atom. The number of benzene rings is 1. The van der Waals surface area contributed by atoms with Gasteiger partial charge in [-0.2, -0.15) is 0 Å². The van der Waals surface area contributed by atoms with Crippen molar-refractivity contribution in [2.24, 2.45) is 0 Å². The normalized spacial score (nSPS) is 16.8. The van der Waals surface area contributed by atoms with E-state index in [1.807, 2.05) is 18.2 Å². The van der Waals surface area contributed by atoms with Crippen LogP contribution in [0, 0.1) is 0 Å². The SMILES string of the molecule is BrCCOC1CCN(c2ncnc3ccccc23)CC1. The maximum atomic E-state index is 5.80. The van der Waals surface area contributed by atoms with Crippen molar-refractivity contribution in [2.45, 2.75) is 18.9 Å². The summed E-state index contributed by atoms with van der Waals surface area (Å²) in [6.07, 6.45) is 4.17. The van der Waals surface area contributed by atoms with Crippen LogP contribution in [0.4, 0.5) is 5.82 Å². The summed E-state index contributed by atoms with van der Waals surface area (Å²) in [4.78, 5) is 11.2. The molecule has 1 fully saturated rings. The van der Waals surface area contributed by atoms with E-state index in [9.17, 15) is 0 Å². The van der Waals surface area contributed by atoms with Gasteiger partial charge in [0.1, 0.15) is 12.1 Å². The quantitative estimate of drug-likeness (QED) is 0.805. The van der Waals surface area contributed by atoms with E-state index < -0.39 is 0 Å². The summed E-state index contributed by atoms with van der Waals surface area (Å²) < 4.78 is 5.80. The summed E-state index contributed by atoms with van der Waals surface area (Å²) in [5, 5.41) is 2.04. The maximum absolute atomic E-state index is 5.80. The molecule has 0 N–H and O–H groups in total. The van der Waals surface area contributed by atoms with Crippen molar-refractivity contribution < 1.29 is 4.74 Å². The average Bonchev–Trinajstić information content (AvgIpc) is 2.53. The maximum Gasteiger partial charge on any atom is 0.139 e. The van der Waals surface area contributed by atoms with E-state index >= 15 is 0 Å². The number of alkyl halides is 1. The lowest BCUT2D eigenvalue weighted by molar-refractivity contribution is 0.0480. The summed E-state index contributed by atoms with van der Waals surface area (Å²) in [5.74, 6) is 1.05. The van der Waals surface area contributed by atoms with Crippen molar-refractivity contribution >= 4 is 32.7 Å². The highest BCUT2D eigenvalue weighted by atomic mass is 79.9. The lowest BCUT2D eigenvalue weighted by Crippen LogP contribution is -2.37. The zero-order chi connectivity index (χ0) is 13.8. The highest BCUT2D eigenvalue weighted by molar-refractivity contribution is 9.09. The van der Waals surface area contributed by atoms with Crippen molar-refractivity contribution in [3.8, 4) is 0 Å². The predicted octanol–water partition coefficient (Wildman–Crippen LogP) is 3.01. The minimum absolute atomic E-state index is 0.386. The van der Waals surface area contributed by atoms with E-state index in [2.05, 4.69) is 36.9 Å². The second-order valence-corrected chi connectivity index (χ2v) is 5.75. The van der Waals surface area contributed by atoms with Crippen LogP contribution in [-0.4, -0.2) is 41.1 Å². The number of para-hydroxylation sites is 1. The molecule has 2 heterocycles. The molecule has 1 aliphatic heterocycles. The van der Waals surface area contributed by atoms with Crippen molar-refractivity contribution in [1.29, 1.82) is 0 Å². The molecule has 0 aliphatic carbocycles. The number of piperidine rings is 1. The summed E-state index contributed by atoms with van der Waals surface area (Å²) in [6.45, 7) is 2.78. The number of aromatic nitrogens is 2. The van der Waals surface area contributed by atoms with Gasteiger partial charge in [0.2, 0.25) is 0 Å². The fourth-order valence-electron chi connectivity index (χ4n) is 2.69. The number of fused-ring (bicyclic) bond motifs is 1. The minimum Gasteiger partial charge on any atom is -0.377 e. The first-order valence-corrected chi connectivity index (χ1v) is 8.13. The van der Waals surface area contributed by atoms with Gasteiger partial charge in [0.05, 0.1) is 18.2 Å². The minimum atomic E-state index is 0.386. The Morgan fingerprint density at radius 2 is 2.00 bits per heavy atom. The number of halogens is 1. The van der Waals surface area contributed by atoms with E-state index in [1.165, 1.54) is 0 Å². The second kappa shape index (κ2) is 6.50. The van der Waals surface area contributed by atoms with Crippen molar-refractivity contribution in [1.82, 2.24) is 9.97 Å². The van der Waals surface area contributed by atoms with Gasteiger partial charge in [-0.15, -0.1) is 0 Å². The third-order valence-corrected chi connectivity index (χ3v) is 4.02. The summed E-state index contributed by atoms with van der Waals surface area (Å²) >= 11 is 3.40.